The Kier molecular flexibility index (Phi) is 4.39. The molecule has 0 saturated heterocycles. The van der Waals surface area contributed by atoms with E-state index in [1.165, 1.54) is 20.3 Å². The molecule has 0 atom stereocenters. The lowest BCUT2D eigenvalue weighted by atomic mass is 10.2. The molecule has 112 valence electrons. The van der Waals surface area contributed by atoms with Crippen LogP contribution < -0.4 is 16.7 Å². The third-order valence-corrected chi connectivity index (χ3v) is 3.25. The molecule has 8 nitrogen and oxygen atoms in total. The van der Waals surface area contributed by atoms with Crippen molar-refractivity contribution in [2.75, 3.05) is 5.43 Å². The van der Waals surface area contributed by atoms with Crippen LogP contribution in [0.25, 0.3) is 4.98 Å². The maximum Gasteiger partial charge on any atom is 0.491 e. The lowest BCUT2D eigenvalue weighted by Gasteiger charge is -2.05. The lowest BCUT2D eigenvalue weighted by molar-refractivity contribution is 0.694. The zero-order valence-electron chi connectivity index (χ0n) is 11.8. The number of hydrogen-bond acceptors (Lipinski definition) is 5. The zero-order valence-corrected chi connectivity index (χ0v) is 12.6. The summed E-state index contributed by atoms with van der Waals surface area (Å²) in [5.74, 6) is -0.0131. The summed E-state index contributed by atoms with van der Waals surface area (Å²) in [5.41, 5.74) is 1.69. The second-order valence-corrected chi connectivity index (χ2v) is 4.86. The van der Waals surface area contributed by atoms with Gasteiger partial charge in [0.05, 0.1) is 6.21 Å². The molecule has 0 radical (unpaired) electrons. The van der Waals surface area contributed by atoms with Gasteiger partial charge in [0, 0.05) is 19.1 Å². The normalized spacial score (nSPS) is 10.6. The van der Waals surface area contributed by atoms with Crippen LogP contribution in [0.2, 0.25) is 5.02 Å². The maximum atomic E-state index is 11.9. The van der Waals surface area contributed by atoms with Crippen molar-refractivity contribution in [3.05, 3.63) is 60.7 Å². The Morgan fingerprint density at radius 3 is 2.45 bits per heavy atom. The van der Waals surface area contributed by atoms with Crippen LogP contribution in [0.5, 0.6) is 0 Å². The number of diazo groups is 1. The largest absolute Gasteiger partial charge is 0.491 e. The Hall–Kier alpha value is -2.92. The van der Waals surface area contributed by atoms with Gasteiger partial charge in [0.1, 0.15) is 0 Å². The Bertz CT molecular complexity index is 889. The molecule has 0 unspecified atom stereocenters. The molecule has 0 aliphatic heterocycles. The van der Waals surface area contributed by atoms with Gasteiger partial charge in [-0.2, -0.15) is 5.10 Å². The third kappa shape index (κ3) is 2.89. The average molecular weight is 320 g/mol. The fourth-order valence-corrected chi connectivity index (χ4v) is 1.89. The fraction of sp³-hybridized carbons (Fsp3) is 0.154. The summed E-state index contributed by atoms with van der Waals surface area (Å²) in [6, 6.07) is 6.89. The topological polar surface area (TPSA) is 96.5 Å². The van der Waals surface area contributed by atoms with Gasteiger partial charge in [-0.25, -0.2) is 4.79 Å². The van der Waals surface area contributed by atoms with E-state index in [-0.39, 0.29) is 11.5 Å². The van der Waals surface area contributed by atoms with Gasteiger partial charge in [-0.05, 0) is 17.7 Å². The number of rotatable bonds is 3. The van der Waals surface area contributed by atoms with E-state index in [2.05, 4.69) is 15.5 Å². The SMILES string of the molecule is Cn1c(NN=Cc2ccc(Cl)cc2)c([N+]#N)c(=O)n(C)c1=O. The van der Waals surface area contributed by atoms with Crippen molar-refractivity contribution < 1.29 is 0 Å². The second kappa shape index (κ2) is 6.24. The number of benzene rings is 1. The molecule has 0 aliphatic carbocycles. The van der Waals surface area contributed by atoms with E-state index in [1.54, 1.807) is 24.3 Å². The van der Waals surface area contributed by atoms with Crippen LogP contribution in [0.4, 0.5) is 11.5 Å². The van der Waals surface area contributed by atoms with Gasteiger partial charge < -0.3 is 0 Å². The van der Waals surface area contributed by atoms with Crippen LogP contribution in [0.3, 0.4) is 0 Å². The molecule has 0 spiro atoms. The van der Waals surface area contributed by atoms with E-state index >= 15 is 0 Å². The molecule has 2 aromatic rings. The van der Waals surface area contributed by atoms with Crippen molar-refractivity contribution in [2.24, 2.45) is 19.2 Å². The first-order valence-electron chi connectivity index (χ1n) is 6.15. The highest BCUT2D eigenvalue weighted by atomic mass is 35.5. The number of nitrogens with one attached hydrogen (secondary N) is 1. The van der Waals surface area contributed by atoms with Gasteiger partial charge in [-0.3, -0.25) is 19.4 Å². The Labute approximate surface area is 129 Å². The van der Waals surface area contributed by atoms with Crippen LogP contribution in [0, 0.1) is 5.39 Å². The van der Waals surface area contributed by atoms with Crippen LogP contribution in [-0.4, -0.2) is 15.3 Å². The molecule has 1 aromatic heterocycles. The van der Waals surface area contributed by atoms with E-state index in [1.807, 2.05) is 0 Å². The zero-order chi connectivity index (χ0) is 16.3. The molecule has 0 saturated carbocycles. The predicted octanol–water partition coefficient (Wildman–Crippen LogP) is 1.67. The molecule has 0 bridgehead atoms. The van der Waals surface area contributed by atoms with Gasteiger partial charge in [-0.1, -0.05) is 23.7 Å². The van der Waals surface area contributed by atoms with E-state index in [0.29, 0.717) is 5.02 Å². The molecule has 1 aromatic carbocycles. The van der Waals surface area contributed by atoms with E-state index < -0.39 is 11.2 Å². The fourth-order valence-electron chi connectivity index (χ4n) is 1.76. The minimum Gasteiger partial charge on any atom is -0.275 e. The average Bonchev–Trinajstić information content (AvgIpc) is 2.52. The summed E-state index contributed by atoms with van der Waals surface area (Å²) < 4.78 is 1.96. The minimum atomic E-state index is -0.727. The number of hydrazone groups is 1. The molecule has 9 heteroatoms. The molecule has 22 heavy (non-hydrogen) atoms. The Morgan fingerprint density at radius 1 is 1.23 bits per heavy atom. The minimum absolute atomic E-state index is 0.0131. The predicted molar refractivity (Wildman–Crippen MR) is 84.3 cm³/mol. The van der Waals surface area contributed by atoms with Gasteiger partial charge in [0.2, 0.25) is 11.2 Å². The van der Waals surface area contributed by atoms with Gasteiger partial charge >= 0.3 is 16.9 Å². The van der Waals surface area contributed by atoms with Gasteiger partial charge in [-0.15, -0.1) is 0 Å². The van der Waals surface area contributed by atoms with Crippen molar-refractivity contribution >= 4 is 29.3 Å². The molecule has 1 heterocycles. The van der Waals surface area contributed by atoms with Crippen molar-refractivity contribution in [1.82, 2.24) is 9.13 Å². The van der Waals surface area contributed by atoms with E-state index in [9.17, 15) is 9.59 Å². The number of halogens is 1. The van der Waals surface area contributed by atoms with Gasteiger partial charge in [0.15, 0.2) is 4.98 Å². The summed E-state index contributed by atoms with van der Waals surface area (Å²) in [6.45, 7) is 0. The number of anilines is 1. The third-order valence-electron chi connectivity index (χ3n) is 2.99. The summed E-state index contributed by atoms with van der Waals surface area (Å²) >= 11 is 5.78. The lowest BCUT2D eigenvalue weighted by Crippen LogP contribution is -2.37. The van der Waals surface area contributed by atoms with Crippen molar-refractivity contribution in [3.8, 4) is 0 Å². The first-order valence-corrected chi connectivity index (χ1v) is 6.53. The standard InChI is InChI=1S/C13H11ClN6O2/c1-19-11(10(17-15)12(21)20(2)13(19)22)18-16-7-8-3-5-9(14)6-4-8/h3-7H,1-2H3/p+1. The molecular weight excluding hydrogens is 308 g/mol. The maximum absolute atomic E-state index is 11.9. The number of aromatic nitrogens is 2. The van der Waals surface area contributed by atoms with Crippen molar-refractivity contribution in [3.63, 3.8) is 0 Å². The summed E-state index contributed by atoms with van der Waals surface area (Å²) in [6.07, 6.45) is 1.47. The highest BCUT2D eigenvalue weighted by molar-refractivity contribution is 6.30. The molecule has 0 fully saturated rings. The second-order valence-electron chi connectivity index (χ2n) is 4.42. The van der Waals surface area contributed by atoms with E-state index in [0.717, 1.165) is 14.7 Å². The smallest absolute Gasteiger partial charge is 0.275 e. The molecular formula is C13H12ClN6O2+. The van der Waals surface area contributed by atoms with E-state index in [4.69, 9.17) is 17.0 Å². The summed E-state index contributed by atoms with van der Waals surface area (Å²) in [4.78, 5) is 26.6. The highest BCUT2D eigenvalue weighted by Crippen LogP contribution is 2.17. The van der Waals surface area contributed by atoms with Crippen molar-refractivity contribution in [1.29, 1.82) is 5.39 Å². The monoisotopic (exact) mass is 319 g/mol. The summed E-state index contributed by atoms with van der Waals surface area (Å²) in [5, 5.41) is 13.5. The van der Waals surface area contributed by atoms with Crippen LogP contribution in [0.15, 0.2) is 39.0 Å². The Balaban J connectivity index is 2.38. The first kappa shape index (κ1) is 15.5. The quantitative estimate of drug-likeness (QED) is 0.528. The van der Waals surface area contributed by atoms with Crippen LogP contribution >= 0.6 is 11.6 Å². The molecule has 0 aliphatic rings. The summed E-state index contributed by atoms with van der Waals surface area (Å²) in [7, 11) is 2.72. The van der Waals surface area contributed by atoms with Crippen molar-refractivity contribution in [2.45, 2.75) is 0 Å². The first-order chi connectivity index (χ1) is 10.5. The molecule has 1 N–H and O–H groups in total. The number of nitrogens with zero attached hydrogens (tertiary/aromatic N) is 5. The van der Waals surface area contributed by atoms with Crippen LogP contribution in [0.1, 0.15) is 5.56 Å². The molecule has 2 rings (SSSR count). The van der Waals surface area contributed by atoms with Gasteiger partial charge in [0.25, 0.3) is 0 Å². The Morgan fingerprint density at radius 2 is 1.86 bits per heavy atom. The number of hydrogen-bond donors (Lipinski definition) is 1. The highest BCUT2D eigenvalue weighted by Gasteiger charge is 2.26. The van der Waals surface area contributed by atoms with Crippen LogP contribution in [-0.2, 0) is 14.1 Å². The molecule has 0 amide bonds.